The normalized spacial score (nSPS) is 25.4. The SMILES string of the molecule is CNc1ncnc2c1ncn2[C@@H]1O[C@H](COP(=O)(NC(C)C(=O)OC(C)C)Oc2ccccc2)[C@@H](O)[C@@]1(C)F. The van der Waals surface area contributed by atoms with Crippen molar-refractivity contribution in [3.63, 3.8) is 0 Å². The topological polar surface area (TPSA) is 159 Å². The van der Waals surface area contributed by atoms with Gasteiger partial charge in [-0.05, 0) is 39.8 Å². The fourth-order valence-corrected chi connectivity index (χ4v) is 5.57. The summed E-state index contributed by atoms with van der Waals surface area (Å²) in [7, 11) is -2.59. The van der Waals surface area contributed by atoms with Crippen LogP contribution in [0, 0.1) is 0 Å². The highest BCUT2D eigenvalue weighted by atomic mass is 31.2. The van der Waals surface area contributed by atoms with E-state index in [4.69, 9.17) is 18.5 Å². The predicted octanol–water partition coefficient (Wildman–Crippen LogP) is 2.99. The van der Waals surface area contributed by atoms with E-state index in [9.17, 15) is 14.5 Å². The van der Waals surface area contributed by atoms with Gasteiger partial charge in [0, 0.05) is 7.05 Å². The molecule has 15 heteroatoms. The molecule has 39 heavy (non-hydrogen) atoms. The van der Waals surface area contributed by atoms with Gasteiger partial charge in [0.05, 0.1) is 19.0 Å². The summed E-state index contributed by atoms with van der Waals surface area (Å²) < 4.78 is 53.2. The summed E-state index contributed by atoms with van der Waals surface area (Å²) >= 11 is 0. The number of hydrogen-bond donors (Lipinski definition) is 3. The molecule has 4 rings (SSSR count). The minimum Gasteiger partial charge on any atom is -0.462 e. The maximum atomic E-state index is 15.9. The number of aromatic nitrogens is 4. The van der Waals surface area contributed by atoms with Gasteiger partial charge in [0.1, 0.15) is 35.8 Å². The van der Waals surface area contributed by atoms with Gasteiger partial charge in [-0.2, -0.15) is 5.09 Å². The molecular weight excluding hydrogens is 534 g/mol. The summed E-state index contributed by atoms with van der Waals surface area (Å²) in [5, 5.41) is 16.3. The molecule has 6 atom stereocenters. The highest BCUT2D eigenvalue weighted by molar-refractivity contribution is 7.52. The highest BCUT2D eigenvalue weighted by Gasteiger charge is 2.56. The minimum atomic E-state index is -4.26. The number of carbonyl (C=O) groups is 1. The Morgan fingerprint density at radius 1 is 1.26 bits per heavy atom. The van der Waals surface area contributed by atoms with Crippen molar-refractivity contribution in [1.82, 2.24) is 24.6 Å². The van der Waals surface area contributed by atoms with Crippen molar-refractivity contribution in [2.24, 2.45) is 0 Å². The van der Waals surface area contributed by atoms with Crippen LogP contribution in [0.15, 0.2) is 43.0 Å². The van der Waals surface area contributed by atoms with E-state index in [0.29, 0.717) is 11.3 Å². The average Bonchev–Trinajstić information content (AvgIpc) is 3.41. The largest absolute Gasteiger partial charge is 0.462 e. The van der Waals surface area contributed by atoms with Crippen molar-refractivity contribution < 1.29 is 37.4 Å². The number of fused-ring (bicyclic) bond motifs is 1. The summed E-state index contributed by atoms with van der Waals surface area (Å²) in [5.74, 6) is -0.0364. The lowest BCUT2D eigenvalue weighted by Crippen LogP contribution is -2.41. The first-order valence-electron chi connectivity index (χ1n) is 12.3. The lowest BCUT2D eigenvalue weighted by Gasteiger charge is -2.25. The number of hydrogen-bond acceptors (Lipinski definition) is 11. The maximum Gasteiger partial charge on any atom is 0.459 e. The second-order valence-electron chi connectivity index (χ2n) is 9.45. The van der Waals surface area contributed by atoms with Crippen molar-refractivity contribution in [3.8, 4) is 5.75 Å². The predicted molar refractivity (Wildman–Crippen MR) is 139 cm³/mol. The van der Waals surface area contributed by atoms with Gasteiger partial charge in [-0.25, -0.2) is 23.9 Å². The van der Waals surface area contributed by atoms with Gasteiger partial charge in [-0.1, -0.05) is 18.2 Å². The van der Waals surface area contributed by atoms with Gasteiger partial charge in [-0.15, -0.1) is 0 Å². The molecule has 3 aromatic rings. The first kappa shape index (κ1) is 28.8. The molecule has 3 heterocycles. The zero-order chi connectivity index (χ0) is 28.4. The Hall–Kier alpha value is -3.16. The summed E-state index contributed by atoms with van der Waals surface area (Å²) in [4.78, 5) is 24.9. The monoisotopic (exact) mass is 566 g/mol. The molecular formula is C24H32FN6O7P. The summed E-state index contributed by atoms with van der Waals surface area (Å²) in [6, 6.07) is 7.10. The number of aliphatic hydroxyl groups excluding tert-OH is 1. The molecule has 1 saturated heterocycles. The number of aliphatic hydroxyl groups is 1. The van der Waals surface area contributed by atoms with E-state index in [2.05, 4.69) is 25.4 Å². The quantitative estimate of drug-likeness (QED) is 0.230. The van der Waals surface area contributed by atoms with Crippen LogP contribution in [0.1, 0.15) is 33.9 Å². The number of imidazole rings is 1. The Morgan fingerprint density at radius 3 is 2.64 bits per heavy atom. The lowest BCUT2D eigenvalue weighted by atomic mass is 9.98. The zero-order valence-corrected chi connectivity index (χ0v) is 23.0. The average molecular weight is 567 g/mol. The Labute approximate surface area is 224 Å². The second-order valence-corrected chi connectivity index (χ2v) is 11.1. The molecule has 13 nitrogen and oxygen atoms in total. The van der Waals surface area contributed by atoms with Crippen LogP contribution in [0.25, 0.3) is 11.2 Å². The highest BCUT2D eigenvalue weighted by Crippen LogP contribution is 2.48. The molecule has 2 unspecified atom stereocenters. The van der Waals surface area contributed by atoms with Crippen LogP contribution < -0.4 is 14.9 Å². The molecule has 1 fully saturated rings. The van der Waals surface area contributed by atoms with Crippen molar-refractivity contribution in [1.29, 1.82) is 0 Å². The Balaban J connectivity index is 1.54. The van der Waals surface area contributed by atoms with E-state index < -0.39 is 56.6 Å². The second kappa shape index (κ2) is 11.5. The summed E-state index contributed by atoms with van der Waals surface area (Å²) in [5.41, 5.74) is -1.63. The van der Waals surface area contributed by atoms with Crippen molar-refractivity contribution in [2.45, 2.75) is 63.9 Å². The van der Waals surface area contributed by atoms with Crippen LogP contribution >= 0.6 is 7.75 Å². The smallest absolute Gasteiger partial charge is 0.459 e. The fourth-order valence-electron chi connectivity index (χ4n) is 4.06. The molecule has 0 amide bonds. The van der Waals surface area contributed by atoms with E-state index >= 15 is 4.39 Å². The van der Waals surface area contributed by atoms with Crippen molar-refractivity contribution >= 4 is 30.7 Å². The van der Waals surface area contributed by atoms with Crippen LogP contribution in [0.2, 0.25) is 0 Å². The molecule has 1 aliphatic heterocycles. The number of ether oxygens (including phenoxy) is 2. The summed E-state index contributed by atoms with van der Waals surface area (Å²) in [6.45, 7) is 5.44. The van der Waals surface area contributed by atoms with Gasteiger partial charge in [0.15, 0.2) is 23.4 Å². The minimum absolute atomic E-state index is 0.198. The number of anilines is 1. The van der Waals surface area contributed by atoms with Crippen LogP contribution in [0.3, 0.4) is 0 Å². The number of benzene rings is 1. The molecule has 1 aliphatic rings. The number of esters is 1. The third-order valence-electron chi connectivity index (χ3n) is 6.00. The van der Waals surface area contributed by atoms with Crippen LogP contribution in [-0.4, -0.2) is 74.3 Å². The molecule has 3 N–H and O–H groups in total. The first-order valence-corrected chi connectivity index (χ1v) is 13.8. The molecule has 0 bridgehead atoms. The number of rotatable bonds is 11. The van der Waals surface area contributed by atoms with Crippen LogP contribution in [-0.2, 0) is 23.4 Å². The third-order valence-corrected chi connectivity index (χ3v) is 7.64. The van der Waals surface area contributed by atoms with Crippen molar-refractivity contribution in [2.75, 3.05) is 19.0 Å². The number of para-hydroxylation sites is 1. The molecule has 212 valence electrons. The van der Waals surface area contributed by atoms with Gasteiger partial charge >= 0.3 is 13.7 Å². The van der Waals surface area contributed by atoms with E-state index in [0.717, 1.165) is 0 Å². The van der Waals surface area contributed by atoms with Gasteiger partial charge < -0.3 is 24.4 Å². The van der Waals surface area contributed by atoms with Crippen LogP contribution in [0.4, 0.5) is 10.2 Å². The van der Waals surface area contributed by atoms with E-state index in [1.165, 1.54) is 31.1 Å². The van der Waals surface area contributed by atoms with E-state index in [1.54, 1.807) is 51.2 Å². The van der Waals surface area contributed by atoms with Gasteiger partial charge in [0.25, 0.3) is 0 Å². The third kappa shape index (κ3) is 6.20. The number of nitrogens with zero attached hydrogens (tertiary/aromatic N) is 4. The Kier molecular flexibility index (Phi) is 8.52. The van der Waals surface area contributed by atoms with Crippen molar-refractivity contribution in [3.05, 3.63) is 43.0 Å². The number of halogens is 1. The summed E-state index contributed by atoms with van der Waals surface area (Å²) in [6.07, 6.45) is -2.05. The van der Waals surface area contributed by atoms with E-state index in [1.807, 2.05) is 0 Å². The Morgan fingerprint density at radius 2 is 1.97 bits per heavy atom. The molecule has 0 aliphatic carbocycles. The number of carbonyl (C=O) groups excluding carboxylic acids is 1. The maximum absolute atomic E-state index is 15.9. The van der Waals surface area contributed by atoms with Gasteiger partial charge in [0.2, 0.25) is 0 Å². The number of alkyl halides is 1. The zero-order valence-electron chi connectivity index (χ0n) is 22.1. The van der Waals surface area contributed by atoms with Gasteiger partial charge in [-0.3, -0.25) is 13.9 Å². The van der Waals surface area contributed by atoms with E-state index in [-0.39, 0.29) is 11.4 Å². The Bertz CT molecular complexity index is 1340. The molecule has 0 saturated carbocycles. The first-order chi connectivity index (χ1) is 18.4. The molecule has 2 aromatic heterocycles. The number of nitrogens with one attached hydrogen (secondary N) is 2. The van der Waals surface area contributed by atoms with Crippen LogP contribution in [0.5, 0.6) is 5.75 Å². The standard InChI is InChI=1S/C24H32FN6O7P/c1-14(2)36-22(33)15(3)30-39(34,38-16-9-7-6-8-10-16)35-11-17-19(32)24(4,25)23(37-17)31-13-29-18-20(26-5)27-12-28-21(18)31/h6-10,12-15,17,19,23,32H,11H2,1-5H3,(H,30,34)(H,26,27,28)/t15?,17-,19-,23-,24-,39?/m1/s1. The molecule has 0 radical (unpaired) electrons. The molecule has 0 spiro atoms. The molecule has 1 aromatic carbocycles. The fraction of sp³-hybridized carbons (Fsp3) is 0.500. The lowest BCUT2D eigenvalue weighted by molar-refractivity contribution is -0.149.